The second-order valence-corrected chi connectivity index (χ2v) is 5.26. The molecule has 0 bridgehead atoms. The number of likely N-dealkylation sites (tertiary alicyclic amines) is 1. The molecular weight excluding hydrogens is 272 g/mol. The number of carboxylic acids is 1. The maximum Gasteiger partial charge on any atom is 0.303 e. The van der Waals surface area contributed by atoms with Gasteiger partial charge < -0.3 is 15.2 Å². The number of amides is 1. The highest BCUT2D eigenvalue weighted by molar-refractivity contribution is 5.92. The van der Waals surface area contributed by atoms with Crippen LogP contribution in [0.25, 0.3) is 0 Å². The van der Waals surface area contributed by atoms with E-state index in [9.17, 15) is 9.59 Å². The number of hydrogen-bond donors (Lipinski definition) is 2. The fraction of sp³-hybridized carbons (Fsp3) is 0.467. The summed E-state index contributed by atoms with van der Waals surface area (Å²) in [5.41, 5.74) is 0.724. The van der Waals surface area contributed by atoms with Crippen LogP contribution >= 0.6 is 0 Å². The first kappa shape index (κ1) is 15.3. The summed E-state index contributed by atoms with van der Waals surface area (Å²) in [6, 6.07) is 7.14. The maximum atomic E-state index is 12.0. The van der Waals surface area contributed by atoms with E-state index in [2.05, 4.69) is 5.32 Å². The SMILES string of the molecule is COc1ccc(NC(=O)CN2CC[C@H](CC(=O)O)C2)cc1. The van der Waals surface area contributed by atoms with Crippen LogP contribution in [0.1, 0.15) is 12.8 Å². The highest BCUT2D eigenvalue weighted by Crippen LogP contribution is 2.19. The topological polar surface area (TPSA) is 78.9 Å². The predicted octanol–water partition coefficient (Wildman–Crippen LogP) is 1.43. The molecule has 1 fully saturated rings. The number of hydrogen-bond acceptors (Lipinski definition) is 4. The minimum atomic E-state index is -0.774. The molecule has 1 aliphatic heterocycles. The Labute approximate surface area is 123 Å². The van der Waals surface area contributed by atoms with Crippen LogP contribution in [0.3, 0.4) is 0 Å². The lowest BCUT2D eigenvalue weighted by Crippen LogP contribution is -2.31. The molecule has 1 heterocycles. The van der Waals surface area contributed by atoms with Crippen molar-refractivity contribution in [3.05, 3.63) is 24.3 Å². The summed E-state index contributed by atoms with van der Waals surface area (Å²) in [6.45, 7) is 1.73. The van der Waals surface area contributed by atoms with Crippen molar-refractivity contribution in [1.82, 2.24) is 4.90 Å². The van der Waals surface area contributed by atoms with Crippen molar-refractivity contribution >= 4 is 17.6 Å². The molecule has 0 radical (unpaired) electrons. The van der Waals surface area contributed by atoms with Crippen LogP contribution in [-0.2, 0) is 9.59 Å². The van der Waals surface area contributed by atoms with Crippen molar-refractivity contribution in [1.29, 1.82) is 0 Å². The molecular formula is C15H20N2O4. The van der Waals surface area contributed by atoms with Crippen molar-refractivity contribution in [2.24, 2.45) is 5.92 Å². The van der Waals surface area contributed by atoms with E-state index in [1.807, 2.05) is 4.90 Å². The zero-order valence-electron chi connectivity index (χ0n) is 12.0. The standard InChI is InChI=1S/C15H20N2O4/c1-21-13-4-2-12(3-5-13)16-14(18)10-17-7-6-11(9-17)8-15(19)20/h2-5,11H,6-10H2,1H3,(H,16,18)(H,19,20)/t11-/m1/s1. The van der Waals surface area contributed by atoms with Gasteiger partial charge >= 0.3 is 5.97 Å². The van der Waals surface area contributed by atoms with Crippen LogP contribution < -0.4 is 10.1 Å². The van der Waals surface area contributed by atoms with Gasteiger partial charge in [0.2, 0.25) is 5.91 Å². The zero-order valence-corrected chi connectivity index (χ0v) is 12.0. The van der Waals surface area contributed by atoms with Gasteiger partial charge in [-0.3, -0.25) is 14.5 Å². The number of methoxy groups -OCH3 is 1. The minimum absolute atomic E-state index is 0.0869. The lowest BCUT2D eigenvalue weighted by atomic mass is 10.1. The van der Waals surface area contributed by atoms with E-state index >= 15 is 0 Å². The monoisotopic (exact) mass is 292 g/mol. The Hall–Kier alpha value is -2.08. The lowest BCUT2D eigenvalue weighted by molar-refractivity contribution is -0.138. The number of ether oxygens (including phenoxy) is 1. The largest absolute Gasteiger partial charge is 0.497 e. The number of anilines is 1. The van der Waals surface area contributed by atoms with E-state index in [-0.39, 0.29) is 18.2 Å². The molecule has 114 valence electrons. The van der Waals surface area contributed by atoms with Crippen LogP contribution in [0.5, 0.6) is 5.75 Å². The maximum absolute atomic E-state index is 12.0. The van der Waals surface area contributed by atoms with Gasteiger partial charge in [0.15, 0.2) is 0 Å². The van der Waals surface area contributed by atoms with Crippen molar-refractivity contribution < 1.29 is 19.4 Å². The highest BCUT2D eigenvalue weighted by Gasteiger charge is 2.25. The van der Waals surface area contributed by atoms with Gasteiger partial charge in [-0.25, -0.2) is 0 Å². The van der Waals surface area contributed by atoms with Crippen molar-refractivity contribution in [2.75, 3.05) is 32.1 Å². The second-order valence-electron chi connectivity index (χ2n) is 5.26. The summed E-state index contributed by atoms with van der Waals surface area (Å²) >= 11 is 0. The molecule has 0 aromatic heterocycles. The summed E-state index contributed by atoms with van der Waals surface area (Å²) in [7, 11) is 1.59. The van der Waals surface area contributed by atoms with Gasteiger partial charge in [-0.15, -0.1) is 0 Å². The van der Waals surface area contributed by atoms with E-state index in [0.29, 0.717) is 13.1 Å². The van der Waals surface area contributed by atoms with Crippen LogP contribution in [0.15, 0.2) is 24.3 Å². The summed E-state index contributed by atoms with van der Waals surface area (Å²) in [4.78, 5) is 24.6. The predicted molar refractivity (Wildman–Crippen MR) is 78.4 cm³/mol. The number of nitrogens with one attached hydrogen (secondary N) is 1. The highest BCUT2D eigenvalue weighted by atomic mass is 16.5. The van der Waals surface area contributed by atoms with E-state index in [4.69, 9.17) is 9.84 Å². The molecule has 1 amide bonds. The molecule has 6 nitrogen and oxygen atoms in total. The van der Waals surface area contributed by atoms with E-state index < -0.39 is 5.97 Å². The Bertz CT molecular complexity index is 501. The average molecular weight is 292 g/mol. The molecule has 0 aliphatic carbocycles. The van der Waals surface area contributed by atoms with Gasteiger partial charge in [-0.2, -0.15) is 0 Å². The van der Waals surface area contributed by atoms with Gasteiger partial charge in [-0.1, -0.05) is 0 Å². The first-order valence-electron chi connectivity index (χ1n) is 6.95. The Kier molecular flexibility index (Phi) is 5.16. The van der Waals surface area contributed by atoms with Crippen LogP contribution in [-0.4, -0.2) is 48.6 Å². The molecule has 0 saturated carbocycles. The van der Waals surface area contributed by atoms with E-state index in [1.54, 1.807) is 31.4 Å². The molecule has 21 heavy (non-hydrogen) atoms. The first-order chi connectivity index (χ1) is 10.1. The molecule has 2 N–H and O–H groups in total. The summed E-state index contributed by atoms with van der Waals surface area (Å²) < 4.78 is 5.06. The van der Waals surface area contributed by atoms with Gasteiger partial charge in [0.05, 0.1) is 13.7 Å². The summed E-state index contributed by atoms with van der Waals surface area (Å²) in [5, 5.41) is 11.6. The van der Waals surface area contributed by atoms with E-state index in [0.717, 1.165) is 24.4 Å². The fourth-order valence-electron chi connectivity index (χ4n) is 2.55. The molecule has 1 saturated heterocycles. The number of rotatable bonds is 6. The van der Waals surface area contributed by atoms with Gasteiger partial charge in [-0.05, 0) is 43.1 Å². The van der Waals surface area contributed by atoms with Crippen LogP contribution in [0.4, 0.5) is 5.69 Å². The fourth-order valence-corrected chi connectivity index (χ4v) is 2.55. The molecule has 1 aliphatic rings. The number of carboxylic acid groups (broad SMARTS) is 1. The molecule has 0 unspecified atom stereocenters. The van der Waals surface area contributed by atoms with Crippen molar-refractivity contribution in [3.63, 3.8) is 0 Å². The van der Waals surface area contributed by atoms with Gasteiger partial charge in [0.25, 0.3) is 0 Å². The average Bonchev–Trinajstić information content (AvgIpc) is 2.85. The third-order valence-electron chi connectivity index (χ3n) is 3.57. The number of nitrogens with zero attached hydrogens (tertiary/aromatic N) is 1. The third kappa shape index (κ3) is 4.75. The minimum Gasteiger partial charge on any atom is -0.497 e. The normalized spacial score (nSPS) is 18.4. The molecule has 1 atom stereocenters. The molecule has 6 heteroatoms. The molecule has 0 spiro atoms. The second kappa shape index (κ2) is 7.08. The number of benzene rings is 1. The smallest absolute Gasteiger partial charge is 0.303 e. The van der Waals surface area contributed by atoms with Crippen molar-refractivity contribution in [3.8, 4) is 5.75 Å². The Morgan fingerprint density at radius 1 is 1.38 bits per heavy atom. The lowest BCUT2D eigenvalue weighted by Gasteiger charge is -2.15. The first-order valence-corrected chi connectivity index (χ1v) is 6.95. The Morgan fingerprint density at radius 2 is 2.10 bits per heavy atom. The molecule has 1 aromatic carbocycles. The van der Waals surface area contributed by atoms with Gasteiger partial charge in [0.1, 0.15) is 5.75 Å². The number of carbonyl (C=O) groups is 2. The Morgan fingerprint density at radius 3 is 2.71 bits per heavy atom. The summed E-state index contributed by atoms with van der Waals surface area (Å²) in [5.74, 6) is 0.0287. The number of aliphatic carboxylic acids is 1. The molecule has 1 aromatic rings. The molecule has 2 rings (SSSR count). The van der Waals surface area contributed by atoms with Crippen LogP contribution in [0, 0.1) is 5.92 Å². The zero-order chi connectivity index (χ0) is 15.2. The van der Waals surface area contributed by atoms with Gasteiger partial charge in [0, 0.05) is 18.7 Å². The third-order valence-corrected chi connectivity index (χ3v) is 3.57. The summed E-state index contributed by atoms with van der Waals surface area (Å²) in [6.07, 6.45) is 1.01. The van der Waals surface area contributed by atoms with Crippen LogP contribution in [0.2, 0.25) is 0 Å². The number of carbonyl (C=O) groups excluding carboxylic acids is 1. The Balaban J connectivity index is 1.78. The van der Waals surface area contributed by atoms with E-state index in [1.165, 1.54) is 0 Å². The quantitative estimate of drug-likeness (QED) is 0.829. The van der Waals surface area contributed by atoms with Crippen molar-refractivity contribution in [2.45, 2.75) is 12.8 Å².